The standard InChI is InChI=1S/C12H25.C2H5.Zn/c1-4-6-7-8-9-10-11-12(3)5-2;1-2;/h12H,3-11H2,1-2H3;1H2,2H3;/q2*-1;+2. The maximum absolute atomic E-state index is 4.09. The van der Waals surface area contributed by atoms with Gasteiger partial charge in [0.15, 0.2) is 0 Å². The van der Waals surface area contributed by atoms with Gasteiger partial charge in [-0.05, 0) is 0 Å². The third-order valence-corrected chi connectivity index (χ3v) is 2.54. The van der Waals surface area contributed by atoms with Crippen LogP contribution in [0.15, 0.2) is 0 Å². The van der Waals surface area contributed by atoms with E-state index in [1.807, 2.05) is 0 Å². The van der Waals surface area contributed by atoms with Gasteiger partial charge in [-0.2, -0.15) is 12.8 Å². The zero-order valence-electron chi connectivity index (χ0n) is 11.4. The minimum atomic E-state index is 0. The first kappa shape index (κ1) is 21.0. The normalized spacial score (nSPS) is 11.0. The molecule has 0 amide bonds. The molecule has 0 saturated carbocycles. The van der Waals surface area contributed by atoms with E-state index in [0.29, 0.717) is 5.92 Å². The Labute approximate surface area is 111 Å². The Kier molecular flexibility index (Phi) is 28.1. The first-order valence-corrected chi connectivity index (χ1v) is 6.35. The van der Waals surface area contributed by atoms with E-state index < -0.39 is 0 Å². The molecule has 0 aliphatic carbocycles. The van der Waals surface area contributed by atoms with E-state index in [1.54, 1.807) is 6.92 Å². The Hall–Kier alpha value is 0.623. The molecule has 0 N–H and O–H groups in total. The van der Waals surface area contributed by atoms with Gasteiger partial charge < -0.3 is 13.8 Å². The molecule has 0 spiro atoms. The third kappa shape index (κ3) is 20.6. The van der Waals surface area contributed by atoms with Crippen molar-refractivity contribution in [2.45, 2.75) is 72.1 Å². The summed E-state index contributed by atoms with van der Waals surface area (Å²) in [5, 5.41) is 0. The van der Waals surface area contributed by atoms with Crippen molar-refractivity contribution in [2.24, 2.45) is 5.92 Å². The zero-order chi connectivity index (χ0) is 11.2. The van der Waals surface area contributed by atoms with Crippen LogP contribution in [0.25, 0.3) is 0 Å². The molecule has 0 aromatic rings. The molecule has 88 valence electrons. The van der Waals surface area contributed by atoms with Crippen molar-refractivity contribution in [3.63, 3.8) is 0 Å². The quantitative estimate of drug-likeness (QED) is 0.311. The minimum absolute atomic E-state index is 0. The Bertz CT molecular complexity index is 81.4. The van der Waals surface area contributed by atoms with Gasteiger partial charge in [-0.1, -0.05) is 65.2 Å². The predicted octanol–water partition coefficient (Wildman–Crippen LogP) is 5.44. The van der Waals surface area contributed by atoms with E-state index in [9.17, 15) is 0 Å². The monoisotopic (exact) mass is 262 g/mol. The molecule has 0 rings (SSSR count). The second-order valence-electron chi connectivity index (χ2n) is 3.83. The Morgan fingerprint density at radius 2 is 1.33 bits per heavy atom. The molecule has 1 atom stereocenters. The Morgan fingerprint density at radius 3 is 1.80 bits per heavy atom. The smallest absolute Gasteiger partial charge is 0.346 e. The van der Waals surface area contributed by atoms with Crippen LogP contribution in [0, 0.1) is 19.8 Å². The first-order valence-electron chi connectivity index (χ1n) is 6.35. The molecule has 15 heavy (non-hydrogen) atoms. The molecule has 0 fully saturated rings. The van der Waals surface area contributed by atoms with Gasteiger partial charge in [0, 0.05) is 0 Å². The summed E-state index contributed by atoms with van der Waals surface area (Å²) in [6, 6.07) is 0. The Balaban J connectivity index is -0.000000449. The van der Waals surface area contributed by atoms with E-state index in [-0.39, 0.29) is 19.5 Å². The van der Waals surface area contributed by atoms with Crippen molar-refractivity contribution in [3.05, 3.63) is 13.8 Å². The molecular formula is C14H30Zn. The molecule has 0 bridgehead atoms. The van der Waals surface area contributed by atoms with Gasteiger partial charge in [0.25, 0.3) is 0 Å². The van der Waals surface area contributed by atoms with E-state index in [0.717, 1.165) is 0 Å². The fourth-order valence-electron chi connectivity index (χ4n) is 1.42. The van der Waals surface area contributed by atoms with Gasteiger partial charge in [0.1, 0.15) is 0 Å². The summed E-state index contributed by atoms with van der Waals surface area (Å²) in [5.41, 5.74) is 0. The van der Waals surface area contributed by atoms with Gasteiger partial charge in [-0.3, -0.25) is 0 Å². The van der Waals surface area contributed by atoms with Crippen molar-refractivity contribution in [1.82, 2.24) is 0 Å². The fourth-order valence-corrected chi connectivity index (χ4v) is 1.42. The summed E-state index contributed by atoms with van der Waals surface area (Å²) >= 11 is 0. The molecule has 0 aliphatic heterocycles. The van der Waals surface area contributed by atoms with Gasteiger partial charge in [-0.25, -0.2) is 0 Å². The van der Waals surface area contributed by atoms with Crippen LogP contribution in [0.2, 0.25) is 0 Å². The molecule has 0 heterocycles. The van der Waals surface area contributed by atoms with E-state index in [4.69, 9.17) is 0 Å². The number of unbranched alkanes of at least 4 members (excludes halogenated alkanes) is 5. The summed E-state index contributed by atoms with van der Waals surface area (Å²) in [6.07, 6.45) is 11.0. The minimum Gasteiger partial charge on any atom is -0.346 e. The topological polar surface area (TPSA) is 0 Å². The van der Waals surface area contributed by atoms with Crippen LogP contribution in [0.4, 0.5) is 0 Å². The summed E-state index contributed by atoms with van der Waals surface area (Å²) in [5.74, 6) is 0.705. The maximum Gasteiger partial charge on any atom is 2.00 e. The largest absolute Gasteiger partial charge is 2.00 e. The van der Waals surface area contributed by atoms with Crippen molar-refractivity contribution < 1.29 is 19.5 Å². The van der Waals surface area contributed by atoms with Gasteiger partial charge in [-0.15, -0.1) is 0 Å². The number of hydrogen-bond donors (Lipinski definition) is 0. The molecular weight excluding hydrogens is 234 g/mol. The first-order chi connectivity index (χ1) is 6.81. The molecule has 0 aromatic carbocycles. The second kappa shape index (κ2) is 20.1. The summed E-state index contributed by atoms with van der Waals surface area (Å²) in [6.45, 7) is 13.6. The Morgan fingerprint density at radius 1 is 0.867 bits per heavy atom. The third-order valence-electron chi connectivity index (χ3n) is 2.54. The fraction of sp³-hybridized carbons (Fsp3) is 0.857. The van der Waals surface area contributed by atoms with Crippen molar-refractivity contribution in [3.8, 4) is 0 Å². The summed E-state index contributed by atoms with van der Waals surface area (Å²) in [4.78, 5) is 0. The van der Waals surface area contributed by atoms with E-state index in [2.05, 4.69) is 27.7 Å². The van der Waals surface area contributed by atoms with Crippen LogP contribution < -0.4 is 0 Å². The van der Waals surface area contributed by atoms with Gasteiger partial charge in [0.05, 0.1) is 0 Å². The molecule has 0 nitrogen and oxygen atoms in total. The average molecular weight is 264 g/mol. The van der Waals surface area contributed by atoms with Gasteiger partial charge in [0.2, 0.25) is 0 Å². The zero-order valence-corrected chi connectivity index (χ0v) is 14.3. The van der Waals surface area contributed by atoms with Crippen molar-refractivity contribution in [2.75, 3.05) is 0 Å². The molecule has 0 radical (unpaired) electrons. The summed E-state index contributed by atoms with van der Waals surface area (Å²) < 4.78 is 0. The predicted molar refractivity (Wildman–Crippen MR) is 68.2 cm³/mol. The van der Waals surface area contributed by atoms with Crippen LogP contribution in [-0.4, -0.2) is 0 Å². The number of hydrogen-bond acceptors (Lipinski definition) is 0. The average Bonchev–Trinajstić information content (AvgIpc) is 2.25. The molecule has 0 aromatic heterocycles. The SMILES string of the molecule is [CH2-]C.[CH2-]C(CC)CCCCCCCC.[Zn+2]. The maximum atomic E-state index is 4.09. The van der Waals surface area contributed by atoms with Crippen LogP contribution in [0.1, 0.15) is 72.1 Å². The van der Waals surface area contributed by atoms with Crippen LogP contribution in [-0.2, 0) is 19.5 Å². The molecule has 0 saturated heterocycles. The molecule has 1 heteroatoms. The molecule has 0 aliphatic rings. The van der Waals surface area contributed by atoms with Crippen molar-refractivity contribution >= 4 is 0 Å². The van der Waals surface area contributed by atoms with E-state index >= 15 is 0 Å². The van der Waals surface area contributed by atoms with Gasteiger partial charge >= 0.3 is 19.5 Å². The van der Waals surface area contributed by atoms with Crippen LogP contribution in [0.3, 0.4) is 0 Å². The second-order valence-corrected chi connectivity index (χ2v) is 3.83. The molecule has 1 unspecified atom stereocenters. The van der Waals surface area contributed by atoms with Crippen molar-refractivity contribution in [1.29, 1.82) is 0 Å². The number of rotatable bonds is 8. The van der Waals surface area contributed by atoms with E-state index in [1.165, 1.54) is 51.4 Å². The summed E-state index contributed by atoms with van der Waals surface area (Å²) in [7, 11) is 0. The van der Waals surface area contributed by atoms with Crippen LogP contribution >= 0.6 is 0 Å². The van der Waals surface area contributed by atoms with Crippen LogP contribution in [0.5, 0.6) is 0 Å².